The number of anilines is 2. The highest BCUT2D eigenvalue weighted by Gasteiger charge is 2.14. The van der Waals surface area contributed by atoms with E-state index in [9.17, 15) is 4.79 Å². The lowest BCUT2D eigenvalue weighted by atomic mass is 10.1. The highest BCUT2D eigenvalue weighted by molar-refractivity contribution is 5.92. The predicted octanol–water partition coefficient (Wildman–Crippen LogP) is 1.85. The van der Waals surface area contributed by atoms with E-state index < -0.39 is 0 Å². The molecule has 0 bridgehead atoms. The van der Waals surface area contributed by atoms with Gasteiger partial charge >= 0.3 is 0 Å². The third kappa shape index (κ3) is 4.21. The summed E-state index contributed by atoms with van der Waals surface area (Å²) in [6.45, 7) is 8.34. The van der Waals surface area contributed by atoms with Gasteiger partial charge in [-0.25, -0.2) is 4.98 Å². The molecule has 106 valence electrons. The first-order valence-electron chi connectivity index (χ1n) is 6.88. The number of nitrogens with zero attached hydrogens (tertiary/aromatic N) is 2. The maximum absolute atomic E-state index is 11.9. The minimum absolute atomic E-state index is 0.0395. The molecule has 0 saturated heterocycles. The first-order valence-corrected chi connectivity index (χ1v) is 6.88. The van der Waals surface area contributed by atoms with Crippen LogP contribution in [0.4, 0.5) is 11.5 Å². The van der Waals surface area contributed by atoms with Crippen LogP contribution in [0.5, 0.6) is 0 Å². The molecule has 19 heavy (non-hydrogen) atoms. The van der Waals surface area contributed by atoms with Crippen molar-refractivity contribution in [3.8, 4) is 0 Å². The quantitative estimate of drug-likeness (QED) is 0.788. The number of pyridine rings is 1. The zero-order chi connectivity index (χ0) is 14.3. The van der Waals surface area contributed by atoms with Crippen molar-refractivity contribution in [3.63, 3.8) is 0 Å². The second-order valence-electron chi connectivity index (χ2n) is 4.41. The van der Waals surface area contributed by atoms with Gasteiger partial charge in [-0.1, -0.05) is 6.92 Å². The van der Waals surface area contributed by atoms with Gasteiger partial charge in [0.2, 0.25) is 5.91 Å². The van der Waals surface area contributed by atoms with Gasteiger partial charge in [0.1, 0.15) is 5.82 Å². The maximum Gasteiger partial charge on any atom is 0.228 e. The Morgan fingerprint density at radius 3 is 2.47 bits per heavy atom. The summed E-state index contributed by atoms with van der Waals surface area (Å²) in [5, 5.41) is 2.85. The summed E-state index contributed by atoms with van der Waals surface area (Å²) in [6.07, 6.45) is 2.43. The molecule has 1 amide bonds. The van der Waals surface area contributed by atoms with E-state index in [1.54, 1.807) is 6.20 Å². The highest BCUT2D eigenvalue weighted by atomic mass is 16.1. The van der Waals surface area contributed by atoms with Crippen molar-refractivity contribution in [2.45, 2.75) is 27.2 Å². The smallest absolute Gasteiger partial charge is 0.228 e. The number of hydrogen-bond acceptors (Lipinski definition) is 4. The van der Waals surface area contributed by atoms with Crippen molar-refractivity contribution < 1.29 is 4.79 Å². The monoisotopic (exact) mass is 264 g/mol. The molecule has 1 aromatic heterocycles. The van der Waals surface area contributed by atoms with Gasteiger partial charge in [0, 0.05) is 19.6 Å². The summed E-state index contributed by atoms with van der Waals surface area (Å²) in [5.41, 5.74) is 6.27. The third-order valence-electron chi connectivity index (χ3n) is 3.25. The van der Waals surface area contributed by atoms with Crippen LogP contribution in [-0.2, 0) is 4.79 Å². The van der Waals surface area contributed by atoms with Crippen LogP contribution in [0.2, 0.25) is 0 Å². The Kier molecular flexibility index (Phi) is 6.29. The number of nitrogens with one attached hydrogen (secondary N) is 1. The molecule has 1 rings (SSSR count). The summed E-state index contributed by atoms with van der Waals surface area (Å²) in [7, 11) is 0. The van der Waals surface area contributed by atoms with E-state index in [1.165, 1.54) is 0 Å². The number of hydrogen-bond donors (Lipinski definition) is 2. The largest absolute Gasteiger partial charge is 0.357 e. The minimum atomic E-state index is -0.137. The van der Waals surface area contributed by atoms with E-state index in [2.05, 4.69) is 29.0 Å². The first kappa shape index (κ1) is 15.4. The summed E-state index contributed by atoms with van der Waals surface area (Å²) in [4.78, 5) is 18.4. The highest BCUT2D eigenvalue weighted by Crippen LogP contribution is 2.15. The Balaban J connectivity index is 2.69. The van der Waals surface area contributed by atoms with E-state index in [0.29, 0.717) is 12.2 Å². The van der Waals surface area contributed by atoms with Gasteiger partial charge in [-0.15, -0.1) is 0 Å². The van der Waals surface area contributed by atoms with Crippen LogP contribution >= 0.6 is 0 Å². The fraction of sp³-hybridized carbons (Fsp3) is 0.571. The van der Waals surface area contributed by atoms with E-state index in [0.717, 1.165) is 25.3 Å². The molecule has 5 heteroatoms. The van der Waals surface area contributed by atoms with Gasteiger partial charge in [-0.3, -0.25) is 4.79 Å². The van der Waals surface area contributed by atoms with Crippen molar-refractivity contribution >= 4 is 17.4 Å². The summed E-state index contributed by atoms with van der Waals surface area (Å²) >= 11 is 0. The zero-order valence-corrected chi connectivity index (χ0v) is 12.0. The van der Waals surface area contributed by atoms with Crippen LogP contribution in [0.25, 0.3) is 0 Å². The number of carbonyl (C=O) groups is 1. The fourth-order valence-corrected chi connectivity index (χ4v) is 1.90. The average molecular weight is 264 g/mol. The lowest BCUT2D eigenvalue weighted by Crippen LogP contribution is -2.28. The van der Waals surface area contributed by atoms with Crippen molar-refractivity contribution in [1.29, 1.82) is 0 Å². The zero-order valence-electron chi connectivity index (χ0n) is 12.0. The van der Waals surface area contributed by atoms with Gasteiger partial charge in [0.15, 0.2) is 0 Å². The van der Waals surface area contributed by atoms with Crippen molar-refractivity contribution in [2.75, 3.05) is 29.9 Å². The fourth-order valence-electron chi connectivity index (χ4n) is 1.90. The molecule has 0 radical (unpaired) electrons. The van der Waals surface area contributed by atoms with Crippen LogP contribution < -0.4 is 16.0 Å². The third-order valence-corrected chi connectivity index (χ3v) is 3.25. The van der Waals surface area contributed by atoms with Gasteiger partial charge in [0.05, 0.1) is 17.8 Å². The van der Waals surface area contributed by atoms with E-state index >= 15 is 0 Å². The molecule has 5 nitrogen and oxygen atoms in total. The predicted molar refractivity (Wildman–Crippen MR) is 79.3 cm³/mol. The topological polar surface area (TPSA) is 71.2 Å². The molecule has 0 saturated carbocycles. The molecular formula is C14H24N4O. The molecule has 0 spiro atoms. The van der Waals surface area contributed by atoms with E-state index in [1.807, 2.05) is 19.1 Å². The Labute approximate surface area is 115 Å². The standard InChI is InChI=1S/C14H24N4O/c1-4-11(9-15)14(19)17-12-7-8-13(16-10-12)18(5-2)6-3/h7-8,10-11H,4-6,9,15H2,1-3H3,(H,17,19). The molecule has 1 atom stereocenters. The second-order valence-corrected chi connectivity index (χ2v) is 4.41. The molecular weight excluding hydrogens is 240 g/mol. The van der Waals surface area contributed by atoms with Crippen molar-refractivity contribution in [1.82, 2.24) is 4.98 Å². The molecule has 0 aliphatic heterocycles. The van der Waals surface area contributed by atoms with E-state index in [-0.39, 0.29) is 11.8 Å². The second kappa shape index (κ2) is 7.74. The van der Waals surface area contributed by atoms with Crippen LogP contribution in [0.15, 0.2) is 18.3 Å². The summed E-state index contributed by atoms with van der Waals surface area (Å²) < 4.78 is 0. The van der Waals surface area contributed by atoms with Crippen LogP contribution in [-0.4, -0.2) is 30.5 Å². The molecule has 0 aromatic carbocycles. The number of nitrogens with two attached hydrogens (primary N) is 1. The summed E-state index contributed by atoms with van der Waals surface area (Å²) in [6, 6.07) is 3.80. The van der Waals surface area contributed by atoms with Gasteiger partial charge in [-0.05, 0) is 32.4 Å². The Morgan fingerprint density at radius 1 is 1.37 bits per heavy atom. The molecule has 0 aliphatic carbocycles. The van der Waals surface area contributed by atoms with Crippen LogP contribution in [0.3, 0.4) is 0 Å². The normalized spacial score (nSPS) is 12.0. The average Bonchev–Trinajstić information content (AvgIpc) is 2.43. The molecule has 1 heterocycles. The first-order chi connectivity index (χ1) is 9.15. The number of carbonyl (C=O) groups excluding carboxylic acids is 1. The molecule has 1 aromatic rings. The molecule has 1 unspecified atom stereocenters. The number of amides is 1. The van der Waals surface area contributed by atoms with Gasteiger partial charge in [-0.2, -0.15) is 0 Å². The molecule has 3 N–H and O–H groups in total. The van der Waals surface area contributed by atoms with E-state index in [4.69, 9.17) is 5.73 Å². The summed E-state index contributed by atoms with van der Waals surface area (Å²) in [5.74, 6) is 0.749. The van der Waals surface area contributed by atoms with Crippen LogP contribution in [0.1, 0.15) is 27.2 Å². The maximum atomic E-state index is 11.9. The number of aromatic nitrogens is 1. The van der Waals surface area contributed by atoms with Gasteiger partial charge < -0.3 is 16.0 Å². The lowest BCUT2D eigenvalue weighted by Gasteiger charge is -2.20. The van der Waals surface area contributed by atoms with Crippen molar-refractivity contribution in [2.24, 2.45) is 11.7 Å². The Bertz CT molecular complexity index is 383. The minimum Gasteiger partial charge on any atom is -0.357 e. The molecule has 0 fully saturated rings. The molecule has 0 aliphatic rings. The van der Waals surface area contributed by atoms with Crippen molar-refractivity contribution in [3.05, 3.63) is 18.3 Å². The number of rotatable bonds is 7. The Morgan fingerprint density at radius 2 is 2.05 bits per heavy atom. The van der Waals surface area contributed by atoms with Crippen LogP contribution in [0, 0.1) is 5.92 Å². The Hall–Kier alpha value is -1.62. The van der Waals surface area contributed by atoms with Gasteiger partial charge in [0.25, 0.3) is 0 Å². The lowest BCUT2D eigenvalue weighted by molar-refractivity contribution is -0.119. The SMILES string of the molecule is CCC(CN)C(=O)Nc1ccc(N(CC)CC)nc1.